The Bertz CT molecular complexity index is 1510. The van der Waals surface area contributed by atoms with Crippen molar-refractivity contribution in [3.05, 3.63) is 92.3 Å². The lowest BCUT2D eigenvalue weighted by molar-refractivity contribution is 0.0526. The number of rotatable bonds is 9. The molecule has 0 saturated carbocycles. The van der Waals surface area contributed by atoms with Crippen LogP contribution in [0.25, 0.3) is 10.2 Å². The van der Waals surface area contributed by atoms with Gasteiger partial charge in [0.2, 0.25) is 5.82 Å². The zero-order valence-corrected chi connectivity index (χ0v) is 20.9. The van der Waals surface area contributed by atoms with E-state index in [4.69, 9.17) is 9.47 Å². The lowest BCUT2D eigenvalue weighted by Crippen LogP contribution is -2.28. The summed E-state index contributed by atoms with van der Waals surface area (Å²) in [5.74, 6) is -0.896. The molecule has 37 heavy (non-hydrogen) atoms. The van der Waals surface area contributed by atoms with Gasteiger partial charge in [-0.3, -0.25) is 14.4 Å². The smallest absolute Gasteiger partial charge is 0.338 e. The van der Waals surface area contributed by atoms with Crippen LogP contribution in [0.4, 0.5) is 0 Å². The van der Waals surface area contributed by atoms with Crippen molar-refractivity contribution in [2.24, 2.45) is 0 Å². The highest BCUT2D eigenvalue weighted by Crippen LogP contribution is 2.21. The number of methoxy groups -OCH3 is 1. The van der Waals surface area contributed by atoms with Gasteiger partial charge in [-0.1, -0.05) is 24.3 Å². The van der Waals surface area contributed by atoms with E-state index in [2.05, 4.69) is 20.6 Å². The zero-order chi connectivity index (χ0) is 26.4. The molecule has 0 radical (unpaired) electrons. The molecule has 0 aliphatic carbocycles. The van der Waals surface area contributed by atoms with E-state index < -0.39 is 23.3 Å². The molecular weight excluding hydrogens is 496 g/mol. The van der Waals surface area contributed by atoms with Crippen LogP contribution in [0, 0.1) is 0 Å². The maximum atomic E-state index is 12.8. The topological polar surface area (TPSA) is 139 Å². The van der Waals surface area contributed by atoms with Gasteiger partial charge in [-0.05, 0) is 42.3 Å². The number of nitrogens with zero attached hydrogens (tertiary/aromatic N) is 1. The van der Waals surface area contributed by atoms with Crippen molar-refractivity contribution in [2.45, 2.75) is 20.0 Å². The molecule has 10 nitrogen and oxygen atoms in total. The average Bonchev–Trinajstić information content (AvgIpc) is 3.36. The Hall–Kier alpha value is -4.51. The van der Waals surface area contributed by atoms with Crippen molar-refractivity contribution < 1.29 is 23.9 Å². The van der Waals surface area contributed by atoms with Crippen molar-refractivity contribution >= 4 is 39.3 Å². The molecule has 0 aliphatic rings. The van der Waals surface area contributed by atoms with Crippen LogP contribution in [0.1, 0.15) is 49.4 Å². The Morgan fingerprint density at radius 3 is 2.46 bits per heavy atom. The zero-order valence-electron chi connectivity index (χ0n) is 20.1. The lowest BCUT2D eigenvalue weighted by atomic mass is 10.1. The quantitative estimate of drug-likeness (QED) is 0.288. The number of hydrogen-bond donors (Lipinski definition) is 3. The number of carbonyl (C=O) groups is 3. The van der Waals surface area contributed by atoms with Crippen molar-refractivity contribution in [3.63, 3.8) is 0 Å². The first-order valence-electron chi connectivity index (χ1n) is 11.4. The Labute approximate surface area is 215 Å². The minimum absolute atomic E-state index is 0.115. The summed E-state index contributed by atoms with van der Waals surface area (Å²) < 4.78 is 10.1. The molecule has 4 rings (SSSR count). The first-order chi connectivity index (χ1) is 17.9. The number of nitrogens with one attached hydrogen (secondary N) is 3. The number of carbonyl (C=O) groups excluding carboxylic acids is 3. The number of esters is 1. The number of benzene rings is 2. The Balaban J connectivity index is 1.42. The average molecular weight is 521 g/mol. The SMILES string of the molecule is CCOC(=O)c1ccc(CNC(=O)c2csc3nc(C(=O)NCc4cccc(OC)c4)[nH]c(=O)c23)cc1. The van der Waals surface area contributed by atoms with Gasteiger partial charge in [0.25, 0.3) is 17.4 Å². The molecule has 4 aromatic rings. The number of aromatic amines is 1. The summed E-state index contributed by atoms with van der Waals surface area (Å²) in [6.45, 7) is 2.43. The summed E-state index contributed by atoms with van der Waals surface area (Å²) in [6, 6.07) is 13.9. The number of hydrogen-bond acceptors (Lipinski definition) is 8. The Kier molecular flexibility index (Phi) is 7.94. The Morgan fingerprint density at radius 2 is 1.73 bits per heavy atom. The fourth-order valence-electron chi connectivity index (χ4n) is 3.52. The monoisotopic (exact) mass is 520 g/mol. The summed E-state index contributed by atoms with van der Waals surface area (Å²) in [7, 11) is 1.56. The van der Waals surface area contributed by atoms with Gasteiger partial charge in [0.1, 0.15) is 10.6 Å². The van der Waals surface area contributed by atoms with E-state index in [1.807, 2.05) is 12.1 Å². The van der Waals surface area contributed by atoms with E-state index in [1.54, 1.807) is 50.4 Å². The summed E-state index contributed by atoms with van der Waals surface area (Å²) >= 11 is 1.10. The minimum atomic E-state index is -0.582. The van der Waals surface area contributed by atoms with E-state index in [9.17, 15) is 19.2 Å². The second kappa shape index (κ2) is 11.5. The van der Waals surface area contributed by atoms with Crippen LogP contribution < -0.4 is 20.9 Å². The largest absolute Gasteiger partial charge is 0.497 e. The lowest BCUT2D eigenvalue weighted by Gasteiger charge is -2.07. The molecule has 0 aliphatic heterocycles. The highest BCUT2D eigenvalue weighted by molar-refractivity contribution is 7.17. The van der Waals surface area contributed by atoms with E-state index >= 15 is 0 Å². The molecule has 3 N–H and O–H groups in total. The number of ether oxygens (including phenoxy) is 2. The van der Waals surface area contributed by atoms with Gasteiger partial charge in [0.15, 0.2) is 0 Å². The molecule has 0 bridgehead atoms. The molecule has 2 aromatic heterocycles. The van der Waals surface area contributed by atoms with Gasteiger partial charge in [-0.2, -0.15) is 0 Å². The molecule has 0 fully saturated rings. The van der Waals surface area contributed by atoms with E-state index in [1.165, 1.54) is 5.38 Å². The molecule has 2 heterocycles. The van der Waals surface area contributed by atoms with Crippen LogP contribution in [0.5, 0.6) is 5.75 Å². The fraction of sp³-hybridized carbons (Fsp3) is 0.192. The van der Waals surface area contributed by atoms with E-state index in [0.717, 1.165) is 22.5 Å². The Morgan fingerprint density at radius 1 is 1.00 bits per heavy atom. The van der Waals surface area contributed by atoms with Crippen LogP contribution in [-0.4, -0.2) is 41.5 Å². The maximum Gasteiger partial charge on any atom is 0.338 e. The van der Waals surface area contributed by atoms with Crippen LogP contribution >= 0.6 is 11.3 Å². The third-order valence-electron chi connectivity index (χ3n) is 5.41. The summed E-state index contributed by atoms with van der Waals surface area (Å²) in [5.41, 5.74) is 1.59. The summed E-state index contributed by atoms with van der Waals surface area (Å²) in [4.78, 5) is 56.9. The second-order valence-electron chi connectivity index (χ2n) is 7.88. The van der Waals surface area contributed by atoms with E-state index in [0.29, 0.717) is 11.3 Å². The van der Waals surface area contributed by atoms with Gasteiger partial charge in [-0.15, -0.1) is 11.3 Å². The predicted molar refractivity (Wildman–Crippen MR) is 138 cm³/mol. The van der Waals surface area contributed by atoms with Crippen molar-refractivity contribution in [3.8, 4) is 5.75 Å². The normalized spacial score (nSPS) is 10.6. The van der Waals surface area contributed by atoms with Crippen LogP contribution in [0.15, 0.2) is 58.7 Å². The molecule has 0 unspecified atom stereocenters. The molecule has 0 atom stereocenters. The highest BCUT2D eigenvalue weighted by Gasteiger charge is 2.19. The predicted octanol–water partition coefficient (Wildman–Crippen LogP) is 3.03. The van der Waals surface area contributed by atoms with E-state index in [-0.39, 0.29) is 41.3 Å². The fourth-order valence-corrected chi connectivity index (χ4v) is 4.44. The second-order valence-corrected chi connectivity index (χ2v) is 8.74. The third kappa shape index (κ3) is 6.01. The molecule has 190 valence electrons. The number of aromatic nitrogens is 2. The summed E-state index contributed by atoms with van der Waals surface area (Å²) in [6.07, 6.45) is 0. The van der Waals surface area contributed by atoms with Crippen LogP contribution in [0.3, 0.4) is 0 Å². The standard InChI is InChI=1S/C26H24N4O6S/c1-3-36-26(34)17-9-7-15(8-10-17)12-27-22(31)19-14-37-25-20(19)23(32)29-21(30-25)24(33)28-13-16-5-4-6-18(11-16)35-2/h4-11,14H,3,12-13H2,1-2H3,(H,27,31)(H,28,33)(H,29,30,32). The van der Waals surface area contributed by atoms with Gasteiger partial charge < -0.3 is 25.1 Å². The first kappa shape index (κ1) is 25.6. The van der Waals surface area contributed by atoms with Crippen LogP contribution in [0.2, 0.25) is 0 Å². The van der Waals surface area contributed by atoms with Gasteiger partial charge in [0, 0.05) is 18.5 Å². The number of thiophene rings is 1. The number of H-pyrrole nitrogens is 1. The molecule has 0 saturated heterocycles. The number of fused-ring (bicyclic) bond motifs is 1. The third-order valence-corrected chi connectivity index (χ3v) is 6.28. The molecule has 0 spiro atoms. The van der Waals surface area contributed by atoms with Crippen molar-refractivity contribution in [1.82, 2.24) is 20.6 Å². The van der Waals surface area contributed by atoms with Crippen LogP contribution in [-0.2, 0) is 17.8 Å². The summed E-state index contributed by atoms with van der Waals surface area (Å²) in [5, 5.41) is 7.12. The first-order valence-corrected chi connectivity index (χ1v) is 12.2. The maximum absolute atomic E-state index is 12.8. The van der Waals surface area contributed by atoms with Gasteiger partial charge in [0.05, 0.1) is 30.2 Å². The number of amides is 2. The highest BCUT2D eigenvalue weighted by atomic mass is 32.1. The molecule has 2 amide bonds. The molecule has 11 heteroatoms. The van der Waals surface area contributed by atoms with Crippen molar-refractivity contribution in [2.75, 3.05) is 13.7 Å². The van der Waals surface area contributed by atoms with Gasteiger partial charge >= 0.3 is 5.97 Å². The molecule has 2 aromatic carbocycles. The molecular formula is C26H24N4O6S. The minimum Gasteiger partial charge on any atom is -0.497 e. The van der Waals surface area contributed by atoms with Crippen molar-refractivity contribution in [1.29, 1.82) is 0 Å². The van der Waals surface area contributed by atoms with Gasteiger partial charge in [-0.25, -0.2) is 9.78 Å².